The number of ether oxygens (including phenoxy) is 3. The van der Waals surface area contributed by atoms with E-state index in [2.05, 4.69) is 20.9 Å². The van der Waals surface area contributed by atoms with Crippen LogP contribution in [0, 0.1) is 0 Å². The van der Waals surface area contributed by atoms with E-state index in [9.17, 15) is 4.79 Å². The van der Waals surface area contributed by atoms with Crippen LogP contribution in [-0.4, -0.2) is 78.8 Å². The average Bonchev–Trinajstić information content (AvgIpc) is 2.79. The zero-order chi connectivity index (χ0) is 21.1. The summed E-state index contributed by atoms with van der Waals surface area (Å²) < 4.78 is 16.1. The highest BCUT2D eigenvalue weighted by Crippen LogP contribution is 2.39. The van der Waals surface area contributed by atoms with E-state index in [0.717, 1.165) is 19.4 Å². The fourth-order valence-electron chi connectivity index (χ4n) is 4.46. The summed E-state index contributed by atoms with van der Waals surface area (Å²) in [5, 5.41) is 0. The van der Waals surface area contributed by atoms with Crippen LogP contribution in [0.2, 0.25) is 0 Å². The van der Waals surface area contributed by atoms with Gasteiger partial charge in [0.1, 0.15) is 5.56 Å². The molecule has 0 bridgehead atoms. The number of pyridine rings is 2. The standard InChI is InChI=1S/C22H28N4O4/c1-28-18-14-26(20(18)15-5-4-10-23-13-15)16-8-11-25(12-9-16)22(27)17-6-7-19(29-2)24-21(17)30-3/h4-7,10,13,16,18,20H,8-9,11-12,14H2,1-3H3/t18-,20-/m0/s1. The van der Waals surface area contributed by atoms with Crippen molar-refractivity contribution in [1.82, 2.24) is 19.8 Å². The maximum atomic E-state index is 13.0. The Morgan fingerprint density at radius 3 is 2.53 bits per heavy atom. The summed E-state index contributed by atoms with van der Waals surface area (Å²) in [4.78, 5) is 25.9. The second kappa shape index (κ2) is 8.97. The molecular formula is C22H28N4O4. The van der Waals surface area contributed by atoms with Crippen molar-refractivity contribution in [2.24, 2.45) is 0 Å². The molecule has 2 aliphatic rings. The molecule has 1 amide bonds. The van der Waals surface area contributed by atoms with Crippen LogP contribution in [0.5, 0.6) is 11.8 Å². The molecule has 160 valence electrons. The lowest BCUT2D eigenvalue weighted by Gasteiger charge is -2.52. The first-order valence-corrected chi connectivity index (χ1v) is 10.2. The molecular weight excluding hydrogens is 384 g/mol. The summed E-state index contributed by atoms with van der Waals surface area (Å²) in [5.74, 6) is 0.667. The summed E-state index contributed by atoms with van der Waals surface area (Å²) in [6, 6.07) is 8.12. The highest BCUT2D eigenvalue weighted by molar-refractivity contribution is 5.96. The molecule has 0 aromatic carbocycles. The minimum absolute atomic E-state index is 0.0531. The Balaban J connectivity index is 1.41. The van der Waals surface area contributed by atoms with E-state index in [1.165, 1.54) is 19.8 Å². The largest absolute Gasteiger partial charge is 0.481 e. The summed E-state index contributed by atoms with van der Waals surface area (Å²) in [7, 11) is 4.82. The number of piperidine rings is 1. The molecule has 0 aliphatic carbocycles. The van der Waals surface area contributed by atoms with Crippen LogP contribution in [-0.2, 0) is 4.74 Å². The van der Waals surface area contributed by atoms with Gasteiger partial charge in [0.2, 0.25) is 11.8 Å². The molecule has 8 heteroatoms. The van der Waals surface area contributed by atoms with Gasteiger partial charge in [-0.25, -0.2) is 0 Å². The molecule has 8 nitrogen and oxygen atoms in total. The third-order valence-electron chi connectivity index (χ3n) is 6.12. The van der Waals surface area contributed by atoms with E-state index in [1.54, 1.807) is 25.4 Å². The normalized spacial score (nSPS) is 22.4. The molecule has 4 rings (SSSR count). The zero-order valence-corrected chi connectivity index (χ0v) is 17.7. The first-order chi connectivity index (χ1) is 14.7. The summed E-state index contributed by atoms with van der Waals surface area (Å²) >= 11 is 0. The number of amides is 1. The van der Waals surface area contributed by atoms with Crippen molar-refractivity contribution >= 4 is 5.91 Å². The number of hydrogen-bond acceptors (Lipinski definition) is 7. The molecule has 2 atom stereocenters. The van der Waals surface area contributed by atoms with Crippen LogP contribution in [0.25, 0.3) is 0 Å². The highest BCUT2D eigenvalue weighted by atomic mass is 16.5. The first-order valence-electron chi connectivity index (χ1n) is 10.2. The average molecular weight is 412 g/mol. The Morgan fingerprint density at radius 2 is 1.90 bits per heavy atom. The van der Waals surface area contributed by atoms with E-state index in [4.69, 9.17) is 14.2 Å². The van der Waals surface area contributed by atoms with Gasteiger partial charge < -0.3 is 19.1 Å². The van der Waals surface area contributed by atoms with Crippen molar-refractivity contribution in [1.29, 1.82) is 0 Å². The summed E-state index contributed by atoms with van der Waals surface area (Å²) in [5.41, 5.74) is 1.65. The molecule has 2 aromatic heterocycles. The van der Waals surface area contributed by atoms with Crippen molar-refractivity contribution in [2.45, 2.75) is 31.0 Å². The van der Waals surface area contributed by atoms with Gasteiger partial charge >= 0.3 is 0 Å². The van der Waals surface area contributed by atoms with Crippen LogP contribution in [0.15, 0.2) is 36.7 Å². The molecule has 0 spiro atoms. The van der Waals surface area contributed by atoms with E-state index in [0.29, 0.717) is 36.5 Å². The number of rotatable bonds is 6. The van der Waals surface area contributed by atoms with E-state index in [-0.39, 0.29) is 18.1 Å². The highest BCUT2D eigenvalue weighted by Gasteiger charge is 2.44. The number of carbonyl (C=O) groups excluding carboxylic acids is 1. The minimum Gasteiger partial charge on any atom is -0.481 e. The summed E-state index contributed by atoms with van der Waals surface area (Å²) in [6.07, 6.45) is 5.74. The van der Waals surface area contributed by atoms with Gasteiger partial charge in [-0.05, 0) is 30.5 Å². The monoisotopic (exact) mass is 412 g/mol. The van der Waals surface area contributed by atoms with Crippen LogP contribution >= 0.6 is 0 Å². The molecule has 0 N–H and O–H groups in total. The predicted octanol–water partition coefficient (Wildman–Crippen LogP) is 2.17. The van der Waals surface area contributed by atoms with Gasteiger partial charge in [0, 0.05) is 51.2 Å². The number of nitrogens with zero attached hydrogens (tertiary/aromatic N) is 4. The van der Waals surface area contributed by atoms with Gasteiger partial charge in [0.05, 0.1) is 26.4 Å². The Bertz CT molecular complexity index is 871. The number of hydrogen-bond donors (Lipinski definition) is 0. The number of carbonyl (C=O) groups is 1. The first kappa shape index (κ1) is 20.6. The third-order valence-corrected chi connectivity index (χ3v) is 6.12. The lowest BCUT2D eigenvalue weighted by Crippen LogP contribution is -2.60. The smallest absolute Gasteiger partial charge is 0.259 e. The molecule has 30 heavy (non-hydrogen) atoms. The van der Waals surface area contributed by atoms with Crippen molar-refractivity contribution in [2.75, 3.05) is 41.0 Å². The molecule has 2 fully saturated rings. The fourth-order valence-corrected chi connectivity index (χ4v) is 4.46. The van der Waals surface area contributed by atoms with Gasteiger partial charge in [-0.3, -0.25) is 14.7 Å². The van der Waals surface area contributed by atoms with Crippen molar-refractivity contribution in [3.8, 4) is 11.8 Å². The molecule has 4 heterocycles. The zero-order valence-electron chi connectivity index (χ0n) is 17.7. The predicted molar refractivity (Wildman–Crippen MR) is 111 cm³/mol. The van der Waals surface area contributed by atoms with Gasteiger partial charge in [-0.15, -0.1) is 0 Å². The van der Waals surface area contributed by atoms with Gasteiger partial charge in [-0.2, -0.15) is 4.98 Å². The van der Waals surface area contributed by atoms with Gasteiger partial charge in [0.15, 0.2) is 0 Å². The Labute approximate surface area is 176 Å². The molecule has 2 saturated heterocycles. The van der Waals surface area contributed by atoms with Crippen LogP contribution in [0.1, 0.15) is 34.8 Å². The summed E-state index contributed by atoms with van der Waals surface area (Å²) in [6.45, 7) is 2.31. The van der Waals surface area contributed by atoms with Crippen molar-refractivity contribution in [3.05, 3.63) is 47.8 Å². The lowest BCUT2D eigenvalue weighted by atomic mass is 9.87. The van der Waals surface area contributed by atoms with E-state index < -0.39 is 0 Å². The maximum Gasteiger partial charge on any atom is 0.259 e. The van der Waals surface area contributed by atoms with Crippen LogP contribution < -0.4 is 9.47 Å². The van der Waals surface area contributed by atoms with Crippen LogP contribution in [0.4, 0.5) is 0 Å². The number of methoxy groups -OCH3 is 3. The van der Waals surface area contributed by atoms with Crippen molar-refractivity contribution in [3.63, 3.8) is 0 Å². The lowest BCUT2D eigenvalue weighted by molar-refractivity contribution is -0.115. The van der Waals surface area contributed by atoms with Crippen molar-refractivity contribution < 1.29 is 19.0 Å². The SMILES string of the molecule is COc1ccc(C(=O)N2CCC(N3C[C@H](OC)[C@@H]3c3cccnc3)CC2)c(OC)n1. The molecule has 2 aromatic rings. The minimum atomic E-state index is -0.0531. The Kier molecular flexibility index (Phi) is 6.15. The number of aromatic nitrogens is 2. The molecule has 0 unspecified atom stereocenters. The third kappa shape index (κ3) is 3.85. The molecule has 0 saturated carbocycles. The second-order valence-corrected chi connectivity index (χ2v) is 7.64. The second-order valence-electron chi connectivity index (χ2n) is 7.64. The van der Waals surface area contributed by atoms with E-state index in [1.807, 2.05) is 17.2 Å². The topological polar surface area (TPSA) is 77.0 Å². The number of likely N-dealkylation sites (tertiary alicyclic amines) is 2. The van der Waals surface area contributed by atoms with Gasteiger partial charge in [-0.1, -0.05) is 6.07 Å². The maximum absolute atomic E-state index is 13.0. The van der Waals surface area contributed by atoms with Gasteiger partial charge in [0.25, 0.3) is 5.91 Å². The molecule has 2 aliphatic heterocycles. The van der Waals surface area contributed by atoms with Crippen LogP contribution in [0.3, 0.4) is 0 Å². The quantitative estimate of drug-likeness (QED) is 0.720. The fraction of sp³-hybridized carbons (Fsp3) is 0.500. The van der Waals surface area contributed by atoms with E-state index >= 15 is 0 Å². The Morgan fingerprint density at radius 1 is 1.10 bits per heavy atom. The Hall–Kier alpha value is -2.71. The molecule has 0 radical (unpaired) electrons.